The molecule has 0 aliphatic carbocycles. The quantitative estimate of drug-likeness (QED) is 0.550. The van der Waals surface area contributed by atoms with Gasteiger partial charge in [-0.15, -0.1) is 0 Å². The van der Waals surface area contributed by atoms with Gasteiger partial charge in [-0.1, -0.05) is 65.0 Å². The molecule has 0 fully saturated rings. The highest BCUT2D eigenvalue weighted by Crippen LogP contribution is 2.44. The minimum absolute atomic E-state index is 0.351. The highest BCUT2D eigenvalue weighted by Gasteiger charge is 2.24. The lowest BCUT2D eigenvalue weighted by Crippen LogP contribution is -2.16. The van der Waals surface area contributed by atoms with E-state index in [-0.39, 0.29) is 0 Å². The van der Waals surface area contributed by atoms with Crippen LogP contribution in [-0.4, -0.2) is 13.2 Å². The number of halogens is 2. The molecule has 0 spiro atoms. The standard InChI is InChI=1S/C16H22Br2O2/c1-3-5-6-11(4-2)16(18)12-9-14-15(10-13(12)17)20-8-7-19-14/h9-11,16H,3-8H2,1-2H3. The first kappa shape index (κ1) is 16.2. The predicted octanol–water partition coefficient (Wildman–Crippen LogP) is 5.87. The van der Waals surface area contributed by atoms with Crippen LogP contribution in [0.3, 0.4) is 0 Å². The molecule has 1 aromatic rings. The van der Waals surface area contributed by atoms with Gasteiger partial charge in [-0.05, 0) is 30.0 Å². The second-order valence-corrected chi connectivity index (χ2v) is 7.07. The molecule has 0 saturated heterocycles. The van der Waals surface area contributed by atoms with Gasteiger partial charge in [0.15, 0.2) is 11.5 Å². The smallest absolute Gasteiger partial charge is 0.162 e. The maximum Gasteiger partial charge on any atom is 0.162 e. The van der Waals surface area contributed by atoms with E-state index in [9.17, 15) is 0 Å². The van der Waals surface area contributed by atoms with Gasteiger partial charge in [-0.2, -0.15) is 0 Å². The molecule has 2 atom stereocenters. The lowest BCUT2D eigenvalue weighted by Gasteiger charge is -2.25. The highest BCUT2D eigenvalue weighted by molar-refractivity contribution is 9.11. The van der Waals surface area contributed by atoms with E-state index in [1.807, 2.05) is 6.07 Å². The molecule has 0 aromatic heterocycles. The van der Waals surface area contributed by atoms with Crippen LogP contribution in [0.25, 0.3) is 0 Å². The van der Waals surface area contributed by atoms with Crippen LogP contribution in [0.1, 0.15) is 49.9 Å². The third kappa shape index (κ3) is 3.70. The summed E-state index contributed by atoms with van der Waals surface area (Å²) in [6.45, 7) is 5.77. The van der Waals surface area contributed by atoms with Crippen LogP contribution in [0.2, 0.25) is 0 Å². The molecule has 2 rings (SSSR count). The number of hydrogen-bond acceptors (Lipinski definition) is 2. The summed E-state index contributed by atoms with van der Waals surface area (Å²) in [5.74, 6) is 2.35. The molecule has 1 aromatic carbocycles. The Labute approximate surface area is 138 Å². The molecular weight excluding hydrogens is 384 g/mol. The van der Waals surface area contributed by atoms with Crippen molar-refractivity contribution in [2.45, 2.75) is 44.4 Å². The molecule has 0 radical (unpaired) electrons. The SMILES string of the molecule is CCCCC(CC)C(Br)c1cc2c(cc1Br)OCCO2. The Morgan fingerprint density at radius 2 is 1.80 bits per heavy atom. The van der Waals surface area contributed by atoms with E-state index in [0.717, 1.165) is 16.0 Å². The Morgan fingerprint density at radius 1 is 1.15 bits per heavy atom. The van der Waals surface area contributed by atoms with Crippen molar-refractivity contribution in [3.63, 3.8) is 0 Å². The third-order valence-electron chi connectivity index (χ3n) is 3.83. The Hall–Kier alpha value is -0.220. The molecule has 4 heteroatoms. The van der Waals surface area contributed by atoms with Crippen LogP contribution >= 0.6 is 31.9 Å². The number of rotatable bonds is 6. The second kappa shape index (κ2) is 7.69. The molecule has 1 aliphatic heterocycles. The minimum atomic E-state index is 0.351. The second-order valence-electron chi connectivity index (χ2n) is 5.23. The Morgan fingerprint density at radius 3 is 2.40 bits per heavy atom. The van der Waals surface area contributed by atoms with E-state index in [0.29, 0.717) is 24.0 Å². The van der Waals surface area contributed by atoms with Crippen molar-refractivity contribution in [2.24, 2.45) is 5.92 Å². The maximum absolute atomic E-state index is 5.70. The summed E-state index contributed by atoms with van der Waals surface area (Å²) in [4.78, 5) is 0.351. The van der Waals surface area contributed by atoms with Gasteiger partial charge in [0, 0.05) is 9.30 Å². The van der Waals surface area contributed by atoms with E-state index >= 15 is 0 Å². The van der Waals surface area contributed by atoms with Gasteiger partial charge >= 0.3 is 0 Å². The normalized spacial score (nSPS) is 16.8. The Bertz CT molecular complexity index is 448. The molecule has 0 saturated carbocycles. The van der Waals surface area contributed by atoms with E-state index in [1.54, 1.807) is 0 Å². The molecule has 112 valence electrons. The molecular formula is C16H22Br2O2. The van der Waals surface area contributed by atoms with Crippen molar-refractivity contribution in [2.75, 3.05) is 13.2 Å². The summed E-state index contributed by atoms with van der Waals surface area (Å²) in [6, 6.07) is 4.15. The third-order valence-corrected chi connectivity index (χ3v) is 5.75. The van der Waals surface area contributed by atoms with Crippen LogP contribution in [0.15, 0.2) is 16.6 Å². The first-order chi connectivity index (χ1) is 9.67. The molecule has 2 nitrogen and oxygen atoms in total. The Balaban J connectivity index is 2.21. The molecule has 20 heavy (non-hydrogen) atoms. The van der Waals surface area contributed by atoms with Crippen molar-refractivity contribution < 1.29 is 9.47 Å². The van der Waals surface area contributed by atoms with Crippen LogP contribution in [-0.2, 0) is 0 Å². The van der Waals surface area contributed by atoms with Crippen LogP contribution < -0.4 is 9.47 Å². The van der Waals surface area contributed by atoms with Crippen LogP contribution in [0.4, 0.5) is 0 Å². The van der Waals surface area contributed by atoms with Crippen LogP contribution in [0.5, 0.6) is 11.5 Å². The number of benzene rings is 1. The van der Waals surface area contributed by atoms with Gasteiger partial charge in [0.05, 0.1) is 0 Å². The molecule has 1 heterocycles. The molecule has 0 N–H and O–H groups in total. The molecule has 0 bridgehead atoms. The van der Waals surface area contributed by atoms with Gasteiger partial charge in [-0.25, -0.2) is 0 Å². The van der Waals surface area contributed by atoms with E-state index in [4.69, 9.17) is 9.47 Å². The van der Waals surface area contributed by atoms with Gasteiger partial charge in [0.2, 0.25) is 0 Å². The van der Waals surface area contributed by atoms with Crippen molar-refractivity contribution in [1.82, 2.24) is 0 Å². The van der Waals surface area contributed by atoms with Crippen molar-refractivity contribution in [3.8, 4) is 11.5 Å². The van der Waals surface area contributed by atoms with Gasteiger partial charge in [-0.3, -0.25) is 0 Å². The zero-order valence-electron chi connectivity index (χ0n) is 12.1. The lowest BCUT2D eigenvalue weighted by atomic mass is 9.91. The molecule has 1 aliphatic rings. The first-order valence-corrected chi connectivity index (χ1v) is 9.11. The summed E-state index contributed by atoms with van der Waals surface area (Å²) in [6.07, 6.45) is 4.96. The first-order valence-electron chi connectivity index (χ1n) is 7.40. The average molecular weight is 406 g/mol. The van der Waals surface area contributed by atoms with Crippen molar-refractivity contribution >= 4 is 31.9 Å². The van der Waals surface area contributed by atoms with E-state index in [2.05, 4.69) is 51.8 Å². The zero-order valence-corrected chi connectivity index (χ0v) is 15.3. The van der Waals surface area contributed by atoms with Gasteiger partial charge < -0.3 is 9.47 Å². The number of fused-ring (bicyclic) bond motifs is 1. The lowest BCUT2D eigenvalue weighted by molar-refractivity contribution is 0.171. The number of hydrogen-bond donors (Lipinski definition) is 0. The highest BCUT2D eigenvalue weighted by atomic mass is 79.9. The topological polar surface area (TPSA) is 18.5 Å². The summed E-state index contributed by atoms with van der Waals surface area (Å²) >= 11 is 7.57. The molecule has 0 amide bonds. The average Bonchev–Trinajstić information content (AvgIpc) is 2.47. The van der Waals surface area contributed by atoms with Crippen molar-refractivity contribution in [1.29, 1.82) is 0 Å². The number of ether oxygens (including phenoxy) is 2. The zero-order chi connectivity index (χ0) is 14.5. The number of unbranched alkanes of at least 4 members (excludes halogenated alkanes) is 1. The largest absolute Gasteiger partial charge is 0.486 e. The Kier molecular flexibility index (Phi) is 6.21. The summed E-state index contributed by atoms with van der Waals surface area (Å²) in [7, 11) is 0. The summed E-state index contributed by atoms with van der Waals surface area (Å²) < 4.78 is 12.4. The van der Waals surface area contributed by atoms with Gasteiger partial charge in [0.25, 0.3) is 0 Å². The monoisotopic (exact) mass is 404 g/mol. The summed E-state index contributed by atoms with van der Waals surface area (Å²) in [5.41, 5.74) is 1.26. The maximum atomic E-state index is 5.70. The van der Waals surface area contributed by atoms with Crippen molar-refractivity contribution in [3.05, 3.63) is 22.2 Å². The summed E-state index contributed by atoms with van der Waals surface area (Å²) in [5, 5.41) is 0. The van der Waals surface area contributed by atoms with Crippen LogP contribution in [0, 0.1) is 5.92 Å². The van der Waals surface area contributed by atoms with E-state index in [1.165, 1.54) is 31.2 Å². The van der Waals surface area contributed by atoms with Gasteiger partial charge in [0.1, 0.15) is 13.2 Å². The van der Waals surface area contributed by atoms with E-state index < -0.39 is 0 Å². The predicted molar refractivity (Wildman–Crippen MR) is 90.1 cm³/mol. The fourth-order valence-electron chi connectivity index (χ4n) is 2.57. The molecule has 2 unspecified atom stereocenters. The fourth-order valence-corrected chi connectivity index (χ4v) is 4.46. The number of alkyl halides is 1. The fraction of sp³-hybridized carbons (Fsp3) is 0.625. The minimum Gasteiger partial charge on any atom is -0.486 e.